The summed E-state index contributed by atoms with van der Waals surface area (Å²) in [5.74, 6) is 0. The van der Waals surface area contributed by atoms with Crippen molar-refractivity contribution in [3.63, 3.8) is 0 Å². The summed E-state index contributed by atoms with van der Waals surface area (Å²) < 4.78 is 0. The Bertz CT molecular complexity index is 256. The molecule has 0 heterocycles. The standard InChI is InChI=1S/C13H21NO/c1-12-4-6-13(7-5-12)8-10-14-9-2-3-11-15/h4-7,14-15H,2-3,8-11H2,1H3. The van der Waals surface area contributed by atoms with Crippen LogP contribution in [0, 0.1) is 6.92 Å². The third-order valence-corrected chi connectivity index (χ3v) is 2.47. The Morgan fingerprint density at radius 3 is 2.47 bits per heavy atom. The van der Waals surface area contributed by atoms with E-state index in [1.165, 1.54) is 11.1 Å². The molecule has 0 spiro atoms. The van der Waals surface area contributed by atoms with Gasteiger partial charge in [0.2, 0.25) is 0 Å². The molecular formula is C13H21NO. The van der Waals surface area contributed by atoms with Crippen LogP contribution in [-0.4, -0.2) is 24.8 Å². The number of benzene rings is 1. The lowest BCUT2D eigenvalue weighted by molar-refractivity contribution is 0.284. The number of nitrogens with one attached hydrogen (secondary N) is 1. The molecule has 0 radical (unpaired) electrons. The van der Waals surface area contributed by atoms with Crippen LogP contribution in [0.1, 0.15) is 24.0 Å². The fraction of sp³-hybridized carbons (Fsp3) is 0.538. The van der Waals surface area contributed by atoms with Crippen LogP contribution < -0.4 is 5.32 Å². The molecule has 0 unspecified atom stereocenters. The Morgan fingerprint density at radius 2 is 1.80 bits per heavy atom. The molecule has 0 bridgehead atoms. The van der Waals surface area contributed by atoms with Gasteiger partial charge in [-0.3, -0.25) is 0 Å². The average molecular weight is 207 g/mol. The lowest BCUT2D eigenvalue weighted by Crippen LogP contribution is -2.18. The Kier molecular flexibility index (Phi) is 6.05. The van der Waals surface area contributed by atoms with Crippen LogP contribution in [0.15, 0.2) is 24.3 Å². The predicted molar refractivity (Wildman–Crippen MR) is 64.1 cm³/mol. The number of hydrogen-bond acceptors (Lipinski definition) is 2. The van der Waals surface area contributed by atoms with Crippen LogP contribution in [0.3, 0.4) is 0 Å². The number of aliphatic hydroxyl groups excluding tert-OH is 1. The van der Waals surface area contributed by atoms with Gasteiger partial charge in [0.25, 0.3) is 0 Å². The van der Waals surface area contributed by atoms with Gasteiger partial charge in [0.05, 0.1) is 0 Å². The first-order chi connectivity index (χ1) is 7.33. The first-order valence-corrected chi connectivity index (χ1v) is 5.70. The summed E-state index contributed by atoms with van der Waals surface area (Å²) in [4.78, 5) is 0. The fourth-order valence-corrected chi connectivity index (χ4v) is 1.47. The Balaban J connectivity index is 2.07. The quantitative estimate of drug-likeness (QED) is 0.669. The van der Waals surface area contributed by atoms with Crippen LogP contribution in [0.4, 0.5) is 0 Å². The van der Waals surface area contributed by atoms with Gasteiger partial charge in [-0.15, -0.1) is 0 Å². The van der Waals surface area contributed by atoms with Gasteiger partial charge >= 0.3 is 0 Å². The second kappa shape index (κ2) is 7.43. The molecule has 0 aliphatic rings. The van der Waals surface area contributed by atoms with Crippen molar-refractivity contribution in [2.75, 3.05) is 19.7 Å². The van der Waals surface area contributed by atoms with Gasteiger partial charge in [0.15, 0.2) is 0 Å². The number of unbranched alkanes of at least 4 members (excludes halogenated alkanes) is 1. The van der Waals surface area contributed by atoms with E-state index in [1.807, 2.05) is 0 Å². The van der Waals surface area contributed by atoms with Crippen molar-refractivity contribution in [1.82, 2.24) is 5.32 Å². The third-order valence-electron chi connectivity index (χ3n) is 2.47. The highest BCUT2D eigenvalue weighted by atomic mass is 16.2. The van der Waals surface area contributed by atoms with Gasteiger partial charge in [-0.25, -0.2) is 0 Å². The number of hydrogen-bond donors (Lipinski definition) is 2. The van der Waals surface area contributed by atoms with E-state index in [1.54, 1.807) is 0 Å². The van der Waals surface area contributed by atoms with Crippen LogP contribution in [0.5, 0.6) is 0 Å². The molecule has 0 saturated heterocycles. The molecular weight excluding hydrogens is 186 g/mol. The maximum atomic E-state index is 8.60. The van der Waals surface area contributed by atoms with Crippen molar-refractivity contribution in [1.29, 1.82) is 0 Å². The SMILES string of the molecule is Cc1ccc(CCNCCCCO)cc1. The molecule has 0 atom stereocenters. The molecule has 15 heavy (non-hydrogen) atoms. The van der Waals surface area contributed by atoms with E-state index in [9.17, 15) is 0 Å². The molecule has 2 nitrogen and oxygen atoms in total. The summed E-state index contributed by atoms with van der Waals surface area (Å²) in [6, 6.07) is 8.68. The number of aryl methyl sites for hydroxylation is 1. The molecule has 0 amide bonds. The van der Waals surface area contributed by atoms with E-state index in [4.69, 9.17) is 5.11 Å². The van der Waals surface area contributed by atoms with E-state index in [2.05, 4.69) is 36.5 Å². The van der Waals surface area contributed by atoms with E-state index >= 15 is 0 Å². The molecule has 2 heteroatoms. The van der Waals surface area contributed by atoms with Gasteiger partial charge < -0.3 is 10.4 Å². The molecule has 2 N–H and O–H groups in total. The Hall–Kier alpha value is -0.860. The van der Waals surface area contributed by atoms with Gasteiger partial charge in [0, 0.05) is 6.61 Å². The lowest BCUT2D eigenvalue weighted by Gasteiger charge is -2.04. The van der Waals surface area contributed by atoms with Crippen molar-refractivity contribution >= 4 is 0 Å². The molecule has 84 valence electrons. The summed E-state index contributed by atoms with van der Waals surface area (Å²) in [5.41, 5.74) is 2.70. The smallest absolute Gasteiger partial charge is 0.0431 e. The molecule has 1 aromatic rings. The van der Waals surface area contributed by atoms with Crippen molar-refractivity contribution in [3.05, 3.63) is 35.4 Å². The number of aliphatic hydroxyl groups is 1. The van der Waals surface area contributed by atoms with E-state index in [0.717, 1.165) is 32.4 Å². The molecule has 0 fully saturated rings. The van der Waals surface area contributed by atoms with Crippen molar-refractivity contribution in [2.24, 2.45) is 0 Å². The van der Waals surface area contributed by atoms with E-state index in [0.29, 0.717) is 6.61 Å². The maximum Gasteiger partial charge on any atom is 0.0431 e. The Morgan fingerprint density at radius 1 is 1.07 bits per heavy atom. The van der Waals surface area contributed by atoms with Gasteiger partial charge in [-0.05, 0) is 44.8 Å². The molecule has 0 aliphatic carbocycles. The highest BCUT2D eigenvalue weighted by Gasteiger charge is 1.92. The maximum absolute atomic E-state index is 8.60. The van der Waals surface area contributed by atoms with Crippen molar-refractivity contribution < 1.29 is 5.11 Å². The highest BCUT2D eigenvalue weighted by molar-refractivity contribution is 5.21. The fourth-order valence-electron chi connectivity index (χ4n) is 1.47. The van der Waals surface area contributed by atoms with Crippen LogP contribution in [-0.2, 0) is 6.42 Å². The van der Waals surface area contributed by atoms with Crippen LogP contribution in [0.2, 0.25) is 0 Å². The van der Waals surface area contributed by atoms with Crippen LogP contribution >= 0.6 is 0 Å². The minimum Gasteiger partial charge on any atom is -0.396 e. The monoisotopic (exact) mass is 207 g/mol. The summed E-state index contributed by atoms with van der Waals surface area (Å²) in [6.45, 7) is 4.44. The summed E-state index contributed by atoms with van der Waals surface area (Å²) in [7, 11) is 0. The average Bonchev–Trinajstić information content (AvgIpc) is 2.26. The van der Waals surface area contributed by atoms with Gasteiger partial charge in [-0.1, -0.05) is 29.8 Å². The number of rotatable bonds is 7. The van der Waals surface area contributed by atoms with Crippen molar-refractivity contribution in [3.8, 4) is 0 Å². The lowest BCUT2D eigenvalue weighted by atomic mass is 10.1. The summed E-state index contributed by atoms with van der Waals surface area (Å²) >= 11 is 0. The summed E-state index contributed by atoms with van der Waals surface area (Å²) in [6.07, 6.45) is 3.04. The molecule has 0 aliphatic heterocycles. The third kappa shape index (κ3) is 5.55. The topological polar surface area (TPSA) is 32.3 Å². The van der Waals surface area contributed by atoms with Gasteiger partial charge in [0.1, 0.15) is 0 Å². The van der Waals surface area contributed by atoms with Crippen molar-refractivity contribution in [2.45, 2.75) is 26.2 Å². The second-order valence-electron chi connectivity index (χ2n) is 3.92. The zero-order valence-corrected chi connectivity index (χ0v) is 9.50. The normalized spacial score (nSPS) is 10.5. The Labute approximate surface area is 92.3 Å². The predicted octanol–water partition coefficient (Wildman–Crippen LogP) is 1.90. The molecule has 1 aromatic carbocycles. The van der Waals surface area contributed by atoms with Crippen LogP contribution in [0.25, 0.3) is 0 Å². The van der Waals surface area contributed by atoms with Gasteiger partial charge in [-0.2, -0.15) is 0 Å². The second-order valence-corrected chi connectivity index (χ2v) is 3.92. The molecule has 1 rings (SSSR count). The first kappa shape index (κ1) is 12.2. The minimum absolute atomic E-state index is 0.305. The first-order valence-electron chi connectivity index (χ1n) is 5.70. The minimum atomic E-state index is 0.305. The molecule has 0 aromatic heterocycles. The summed E-state index contributed by atoms with van der Waals surface area (Å²) in [5, 5.41) is 12.0. The zero-order valence-electron chi connectivity index (χ0n) is 9.50. The van der Waals surface area contributed by atoms with E-state index in [-0.39, 0.29) is 0 Å². The zero-order chi connectivity index (χ0) is 10.9. The molecule has 0 saturated carbocycles. The largest absolute Gasteiger partial charge is 0.396 e. The highest BCUT2D eigenvalue weighted by Crippen LogP contribution is 2.02. The van der Waals surface area contributed by atoms with E-state index < -0.39 is 0 Å².